The van der Waals surface area contributed by atoms with E-state index in [9.17, 15) is 26.4 Å². The predicted molar refractivity (Wildman–Crippen MR) is 136 cm³/mol. The Balaban J connectivity index is 1.65. The Hall–Kier alpha value is -3.58. The normalized spacial score (nSPS) is 16.4. The summed E-state index contributed by atoms with van der Waals surface area (Å²) in [5.74, 6) is -0.633. The van der Waals surface area contributed by atoms with Gasteiger partial charge in [-0.05, 0) is 60.5 Å². The van der Waals surface area contributed by atoms with Crippen molar-refractivity contribution in [3.05, 3.63) is 84.4 Å². The highest BCUT2D eigenvalue weighted by molar-refractivity contribution is 7.89. The topological polar surface area (TPSA) is 144 Å². The van der Waals surface area contributed by atoms with Crippen LogP contribution in [-0.4, -0.2) is 52.7 Å². The summed E-state index contributed by atoms with van der Waals surface area (Å²) >= 11 is 0. The Morgan fingerprint density at radius 3 is 2.08 bits per heavy atom. The van der Waals surface area contributed by atoms with Crippen molar-refractivity contribution >= 4 is 37.5 Å². The number of imide groups is 1. The molecule has 0 spiro atoms. The third-order valence-electron chi connectivity index (χ3n) is 6.02. The molecule has 1 fully saturated rings. The quantitative estimate of drug-likeness (QED) is 0.406. The van der Waals surface area contributed by atoms with Crippen LogP contribution in [0, 0.1) is 0 Å². The van der Waals surface area contributed by atoms with E-state index in [1.54, 1.807) is 42.5 Å². The number of sulfonamides is 2. The average Bonchev–Trinajstić information content (AvgIpc) is 3.17. The molecule has 0 radical (unpaired) electrons. The number of methoxy groups -OCH3 is 1. The number of benzene rings is 3. The number of anilines is 1. The molecule has 2 N–H and O–H groups in total. The summed E-state index contributed by atoms with van der Waals surface area (Å²) < 4.78 is 56.5. The van der Waals surface area contributed by atoms with E-state index in [4.69, 9.17) is 9.88 Å². The smallest absolute Gasteiger partial charge is 0.252 e. The predicted octanol–water partition coefficient (Wildman–Crippen LogP) is 1.91. The number of rotatable bonds is 9. The molecule has 3 aromatic carbocycles. The first-order chi connectivity index (χ1) is 17.5. The van der Waals surface area contributed by atoms with Gasteiger partial charge in [-0.1, -0.05) is 30.3 Å². The number of primary sulfonamides is 1. The monoisotopic (exact) mass is 543 g/mol. The molecular formula is C25H25N3O7S2. The number of ether oxygens (including phenoxy) is 1. The van der Waals surface area contributed by atoms with Gasteiger partial charge in [-0.3, -0.25) is 9.59 Å². The standard InChI is InChI=1S/C25H25N3O7S2/c1-35-20-11-9-19(10-12-20)28-24(29)17-23(25(28)30)27(37(33,34)22-5-3-2-4-6-22)16-15-18-7-13-21(14-8-18)36(26,31)32/h2-14,23H,15-17H2,1H3,(H2,26,31,32). The van der Waals surface area contributed by atoms with Crippen molar-refractivity contribution in [3.8, 4) is 5.75 Å². The van der Waals surface area contributed by atoms with Crippen molar-refractivity contribution in [2.75, 3.05) is 18.6 Å². The lowest BCUT2D eigenvalue weighted by Gasteiger charge is -2.27. The maximum Gasteiger partial charge on any atom is 0.252 e. The van der Waals surface area contributed by atoms with E-state index in [0.717, 1.165) is 9.21 Å². The van der Waals surface area contributed by atoms with Crippen LogP contribution in [0.3, 0.4) is 0 Å². The third kappa shape index (κ3) is 5.57. The highest BCUT2D eigenvalue weighted by atomic mass is 32.2. The molecule has 1 heterocycles. The van der Waals surface area contributed by atoms with Gasteiger partial charge in [-0.15, -0.1) is 0 Å². The van der Waals surface area contributed by atoms with Crippen molar-refractivity contribution in [1.82, 2.24) is 4.31 Å². The number of carbonyl (C=O) groups is 2. The van der Waals surface area contributed by atoms with Gasteiger partial charge in [0.05, 0.1) is 29.0 Å². The van der Waals surface area contributed by atoms with Gasteiger partial charge >= 0.3 is 0 Å². The average molecular weight is 544 g/mol. The Kier molecular flexibility index (Phi) is 7.46. The minimum Gasteiger partial charge on any atom is -0.497 e. The van der Waals surface area contributed by atoms with Gasteiger partial charge in [-0.25, -0.2) is 26.9 Å². The molecule has 3 aromatic rings. The van der Waals surface area contributed by atoms with Crippen LogP contribution in [0.1, 0.15) is 12.0 Å². The third-order valence-corrected chi connectivity index (χ3v) is 8.88. The second kappa shape index (κ2) is 10.4. The molecule has 4 rings (SSSR count). The van der Waals surface area contributed by atoms with Crippen molar-refractivity contribution in [1.29, 1.82) is 0 Å². The second-order valence-electron chi connectivity index (χ2n) is 8.35. The summed E-state index contributed by atoms with van der Waals surface area (Å²) in [6, 6.07) is 18.4. The minimum absolute atomic E-state index is 0.0114. The summed E-state index contributed by atoms with van der Waals surface area (Å²) in [6.07, 6.45) is -0.154. The largest absolute Gasteiger partial charge is 0.497 e. The zero-order valence-electron chi connectivity index (χ0n) is 19.9. The van der Waals surface area contributed by atoms with Gasteiger partial charge in [0.1, 0.15) is 11.8 Å². The molecule has 1 aliphatic heterocycles. The number of nitrogens with two attached hydrogens (primary N) is 1. The first kappa shape index (κ1) is 26.5. The lowest BCUT2D eigenvalue weighted by molar-refractivity contribution is -0.122. The molecule has 0 aromatic heterocycles. The van der Waals surface area contributed by atoms with E-state index in [0.29, 0.717) is 17.0 Å². The van der Waals surface area contributed by atoms with Crippen LogP contribution in [0.5, 0.6) is 5.75 Å². The lowest BCUT2D eigenvalue weighted by Crippen LogP contribution is -2.46. The minimum atomic E-state index is -4.16. The van der Waals surface area contributed by atoms with Gasteiger partial charge in [0, 0.05) is 6.54 Å². The number of carbonyl (C=O) groups excluding carboxylic acids is 2. The van der Waals surface area contributed by atoms with Crippen molar-refractivity contribution < 1.29 is 31.2 Å². The maximum absolute atomic E-state index is 13.6. The zero-order chi connectivity index (χ0) is 26.8. The fourth-order valence-corrected chi connectivity index (χ4v) is 6.22. The van der Waals surface area contributed by atoms with Crippen LogP contribution in [-0.2, 0) is 36.1 Å². The fraction of sp³-hybridized carbons (Fsp3) is 0.200. The highest BCUT2D eigenvalue weighted by Gasteiger charge is 2.46. The van der Waals surface area contributed by atoms with Gasteiger partial charge in [0.15, 0.2) is 0 Å². The number of amides is 2. The van der Waals surface area contributed by atoms with Gasteiger partial charge < -0.3 is 4.74 Å². The molecule has 1 atom stereocenters. The second-order valence-corrected chi connectivity index (χ2v) is 11.8. The van der Waals surface area contributed by atoms with E-state index < -0.39 is 37.9 Å². The number of nitrogens with zero attached hydrogens (tertiary/aromatic N) is 2. The van der Waals surface area contributed by atoms with E-state index in [2.05, 4.69) is 0 Å². The van der Waals surface area contributed by atoms with Crippen LogP contribution in [0.4, 0.5) is 5.69 Å². The van der Waals surface area contributed by atoms with Gasteiger partial charge in [0.2, 0.25) is 26.0 Å². The van der Waals surface area contributed by atoms with Crippen molar-refractivity contribution in [2.45, 2.75) is 28.7 Å². The Labute approximate surface area is 215 Å². The highest BCUT2D eigenvalue weighted by Crippen LogP contribution is 2.30. The van der Waals surface area contributed by atoms with Gasteiger partial charge in [-0.2, -0.15) is 4.31 Å². The van der Waals surface area contributed by atoms with E-state index in [1.807, 2.05) is 0 Å². The molecule has 37 heavy (non-hydrogen) atoms. The first-order valence-electron chi connectivity index (χ1n) is 11.2. The molecule has 1 unspecified atom stereocenters. The summed E-state index contributed by atoms with van der Waals surface area (Å²) in [4.78, 5) is 27.3. The number of hydrogen-bond acceptors (Lipinski definition) is 7. The lowest BCUT2D eigenvalue weighted by atomic mass is 10.1. The van der Waals surface area contributed by atoms with E-state index in [-0.39, 0.29) is 29.2 Å². The fourth-order valence-electron chi connectivity index (χ4n) is 4.10. The zero-order valence-corrected chi connectivity index (χ0v) is 21.5. The molecule has 0 bridgehead atoms. The molecule has 10 nitrogen and oxygen atoms in total. The number of hydrogen-bond donors (Lipinski definition) is 1. The Morgan fingerprint density at radius 2 is 1.51 bits per heavy atom. The van der Waals surface area contributed by atoms with Gasteiger partial charge in [0.25, 0.3) is 5.91 Å². The van der Waals surface area contributed by atoms with Crippen molar-refractivity contribution in [2.24, 2.45) is 5.14 Å². The summed E-state index contributed by atoms with van der Waals surface area (Å²) in [5.41, 5.74) is 0.943. The maximum atomic E-state index is 13.6. The van der Waals surface area contributed by atoms with Crippen LogP contribution in [0.15, 0.2) is 88.7 Å². The van der Waals surface area contributed by atoms with Crippen molar-refractivity contribution in [3.63, 3.8) is 0 Å². The molecule has 0 aliphatic carbocycles. The van der Waals surface area contributed by atoms with Crippen LogP contribution < -0.4 is 14.8 Å². The molecule has 0 saturated carbocycles. The summed E-state index contributed by atoms with van der Waals surface area (Å²) in [7, 11) is -6.54. The Bertz CT molecular complexity index is 1510. The summed E-state index contributed by atoms with van der Waals surface area (Å²) in [5, 5.41) is 5.14. The first-order valence-corrected chi connectivity index (χ1v) is 14.2. The SMILES string of the molecule is COc1ccc(N2C(=O)CC(N(CCc3ccc(S(N)(=O)=O)cc3)S(=O)(=O)c3ccccc3)C2=O)cc1. The van der Waals surface area contributed by atoms with E-state index >= 15 is 0 Å². The Morgan fingerprint density at radius 1 is 0.892 bits per heavy atom. The molecule has 12 heteroatoms. The molecule has 2 amide bonds. The molecule has 194 valence electrons. The van der Waals surface area contributed by atoms with Crippen LogP contribution in [0.2, 0.25) is 0 Å². The van der Waals surface area contributed by atoms with E-state index in [1.165, 1.54) is 43.5 Å². The van der Waals surface area contributed by atoms with Crippen LogP contribution in [0.25, 0.3) is 0 Å². The van der Waals surface area contributed by atoms with Crippen LogP contribution >= 0.6 is 0 Å². The molecule has 1 saturated heterocycles. The molecule has 1 aliphatic rings. The summed E-state index contributed by atoms with van der Waals surface area (Å²) in [6.45, 7) is -0.119. The molecular weight excluding hydrogens is 518 g/mol.